The number of ether oxygens (including phenoxy) is 1. The smallest absolute Gasteiger partial charge is 0.263 e. The second kappa shape index (κ2) is 8.29. The zero-order valence-electron chi connectivity index (χ0n) is 11.8. The molecule has 3 rings (SSSR count). The van der Waals surface area contributed by atoms with Crippen molar-refractivity contribution in [3.8, 4) is 0 Å². The molecule has 0 bridgehead atoms. The molecule has 0 aromatic carbocycles. The first-order valence-electron chi connectivity index (χ1n) is 6.73. The fraction of sp³-hybridized carbons (Fsp3) is 0.692. The Hall–Kier alpha value is -0.400. The van der Waals surface area contributed by atoms with Gasteiger partial charge in [0.25, 0.3) is 5.91 Å². The molecule has 8 heteroatoms. The number of aromatic nitrogens is 1. The number of nitrogens with one attached hydrogen (secondary N) is 2. The molecule has 2 heterocycles. The molecule has 0 unspecified atom stereocenters. The maximum atomic E-state index is 12.1. The van der Waals surface area contributed by atoms with Crippen molar-refractivity contribution in [1.82, 2.24) is 15.0 Å². The Morgan fingerprint density at radius 3 is 2.71 bits per heavy atom. The second-order valence-electron chi connectivity index (χ2n) is 5.38. The molecule has 2 fully saturated rings. The van der Waals surface area contributed by atoms with E-state index < -0.39 is 0 Å². The second-order valence-corrected chi connectivity index (χ2v) is 6.21. The lowest BCUT2D eigenvalue weighted by atomic mass is 9.77. The highest BCUT2D eigenvalue weighted by Gasteiger charge is 2.40. The number of rotatable bonds is 3. The SMILES string of the molecule is CO[C@H]1C[C@@H]2CNC[C@@H]2C[C@@H]1NC(=O)c1ccns1.Cl.Cl. The molecule has 1 aromatic rings. The highest BCUT2D eigenvalue weighted by molar-refractivity contribution is 7.08. The van der Waals surface area contributed by atoms with E-state index in [-0.39, 0.29) is 42.9 Å². The van der Waals surface area contributed by atoms with E-state index in [1.807, 2.05) is 0 Å². The van der Waals surface area contributed by atoms with Crippen molar-refractivity contribution in [2.24, 2.45) is 11.8 Å². The molecule has 1 aromatic heterocycles. The molecule has 120 valence electrons. The van der Waals surface area contributed by atoms with E-state index >= 15 is 0 Å². The third-order valence-electron chi connectivity index (χ3n) is 4.30. The van der Waals surface area contributed by atoms with Gasteiger partial charge < -0.3 is 15.4 Å². The van der Waals surface area contributed by atoms with E-state index in [0.29, 0.717) is 16.7 Å². The number of hydrogen-bond donors (Lipinski definition) is 2. The van der Waals surface area contributed by atoms with Crippen LogP contribution in [-0.4, -0.2) is 42.6 Å². The van der Waals surface area contributed by atoms with Gasteiger partial charge in [0.1, 0.15) is 4.88 Å². The molecule has 2 N–H and O–H groups in total. The Bertz CT molecular complexity index is 447. The van der Waals surface area contributed by atoms with Crippen molar-refractivity contribution in [2.75, 3.05) is 20.2 Å². The van der Waals surface area contributed by atoms with Gasteiger partial charge in [0.15, 0.2) is 0 Å². The standard InChI is InChI=1S/C13H19N3O2S.2ClH/c1-18-11-5-9-7-14-6-8(9)4-10(11)16-13(17)12-2-3-15-19-12;;/h2-3,8-11,14H,4-7H2,1H3,(H,16,17);2*1H/t8-,9+,10-,11-;;/m0../s1. The summed E-state index contributed by atoms with van der Waals surface area (Å²) in [6.07, 6.45) is 3.81. The molecule has 1 aliphatic carbocycles. The number of carbonyl (C=O) groups excluding carboxylic acids is 1. The molecular weight excluding hydrogens is 333 g/mol. The van der Waals surface area contributed by atoms with E-state index in [2.05, 4.69) is 15.0 Å². The van der Waals surface area contributed by atoms with E-state index in [1.54, 1.807) is 19.4 Å². The van der Waals surface area contributed by atoms with Crippen LogP contribution >= 0.6 is 36.3 Å². The first-order chi connectivity index (χ1) is 9.28. The van der Waals surface area contributed by atoms with E-state index in [9.17, 15) is 4.79 Å². The normalized spacial score (nSPS) is 30.7. The van der Waals surface area contributed by atoms with Crippen LogP contribution in [0.5, 0.6) is 0 Å². The van der Waals surface area contributed by atoms with Gasteiger partial charge >= 0.3 is 0 Å². The Kier molecular flexibility index (Phi) is 7.36. The van der Waals surface area contributed by atoms with E-state index in [0.717, 1.165) is 25.9 Å². The van der Waals surface area contributed by atoms with Crippen LogP contribution in [0.25, 0.3) is 0 Å². The van der Waals surface area contributed by atoms with Crippen LogP contribution in [0.4, 0.5) is 0 Å². The van der Waals surface area contributed by atoms with Gasteiger partial charge in [-0.3, -0.25) is 4.79 Å². The van der Waals surface area contributed by atoms with Crippen LogP contribution in [0, 0.1) is 11.8 Å². The van der Waals surface area contributed by atoms with Crippen LogP contribution < -0.4 is 10.6 Å². The molecule has 5 nitrogen and oxygen atoms in total. The van der Waals surface area contributed by atoms with Crippen molar-refractivity contribution < 1.29 is 9.53 Å². The average molecular weight is 354 g/mol. The minimum Gasteiger partial charge on any atom is -0.379 e. The zero-order chi connectivity index (χ0) is 13.2. The summed E-state index contributed by atoms with van der Waals surface area (Å²) in [5.41, 5.74) is 0. The Morgan fingerprint density at radius 1 is 1.38 bits per heavy atom. The number of halogens is 2. The molecular formula is C13H21Cl2N3O2S. The summed E-state index contributed by atoms with van der Waals surface area (Å²) in [6, 6.07) is 1.87. The fourth-order valence-corrected chi connectivity index (χ4v) is 3.76. The largest absolute Gasteiger partial charge is 0.379 e. The third kappa shape index (κ3) is 4.07. The van der Waals surface area contributed by atoms with Crippen LogP contribution in [0.1, 0.15) is 22.5 Å². The molecule has 1 aliphatic heterocycles. The lowest BCUT2D eigenvalue weighted by molar-refractivity contribution is 0.0126. The molecule has 0 spiro atoms. The van der Waals surface area contributed by atoms with Crippen LogP contribution in [-0.2, 0) is 4.74 Å². The molecule has 2 aliphatic rings. The van der Waals surface area contributed by atoms with Crippen molar-refractivity contribution in [3.63, 3.8) is 0 Å². The van der Waals surface area contributed by atoms with Gasteiger partial charge in [0, 0.05) is 13.3 Å². The minimum absolute atomic E-state index is 0. The summed E-state index contributed by atoms with van der Waals surface area (Å²) in [4.78, 5) is 12.8. The Morgan fingerprint density at radius 2 is 2.10 bits per heavy atom. The van der Waals surface area contributed by atoms with Gasteiger partial charge in [-0.15, -0.1) is 24.8 Å². The minimum atomic E-state index is -0.0287. The first kappa shape index (κ1) is 18.6. The topological polar surface area (TPSA) is 63.2 Å². The molecule has 21 heavy (non-hydrogen) atoms. The molecule has 1 saturated carbocycles. The Labute approximate surface area is 141 Å². The van der Waals surface area contributed by atoms with Gasteiger partial charge in [0.2, 0.25) is 0 Å². The summed E-state index contributed by atoms with van der Waals surface area (Å²) >= 11 is 1.23. The molecule has 4 atom stereocenters. The lowest BCUT2D eigenvalue weighted by Crippen LogP contribution is -2.50. The van der Waals surface area contributed by atoms with Gasteiger partial charge in [0.05, 0.1) is 12.1 Å². The van der Waals surface area contributed by atoms with Crippen molar-refractivity contribution in [2.45, 2.75) is 25.0 Å². The maximum absolute atomic E-state index is 12.1. The van der Waals surface area contributed by atoms with Gasteiger partial charge in [-0.05, 0) is 55.4 Å². The third-order valence-corrected chi connectivity index (χ3v) is 5.05. The summed E-state index contributed by atoms with van der Waals surface area (Å²) in [6.45, 7) is 2.15. The van der Waals surface area contributed by atoms with Crippen LogP contribution in [0.3, 0.4) is 0 Å². The van der Waals surface area contributed by atoms with Crippen LogP contribution in [0.15, 0.2) is 12.3 Å². The predicted molar refractivity (Wildman–Crippen MR) is 87.7 cm³/mol. The molecule has 0 radical (unpaired) electrons. The van der Waals surface area contributed by atoms with Gasteiger partial charge in [-0.1, -0.05) is 0 Å². The monoisotopic (exact) mass is 353 g/mol. The highest BCUT2D eigenvalue weighted by Crippen LogP contribution is 2.34. The average Bonchev–Trinajstić information content (AvgIpc) is 3.08. The number of methoxy groups -OCH3 is 1. The lowest BCUT2D eigenvalue weighted by Gasteiger charge is -2.37. The van der Waals surface area contributed by atoms with Crippen molar-refractivity contribution in [1.29, 1.82) is 0 Å². The fourth-order valence-electron chi connectivity index (χ4n) is 3.26. The van der Waals surface area contributed by atoms with Crippen LogP contribution in [0.2, 0.25) is 0 Å². The number of nitrogens with zero attached hydrogens (tertiary/aromatic N) is 1. The quantitative estimate of drug-likeness (QED) is 0.868. The maximum Gasteiger partial charge on any atom is 0.263 e. The number of fused-ring (bicyclic) bond motifs is 1. The van der Waals surface area contributed by atoms with Gasteiger partial charge in [-0.2, -0.15) is 0 Å². The summed E-state index contributed by atoms with van der Waals surface area (Å²) in [5, 5.41) is 6.55. The van der Waals surface area contributed by atoms with E-state index in [4.69, 9.17) is 4.74 Å². The zero-order valence-corrected chi connectivity index (χ0v) is 14.2. The highest BCUT2D eigenvalue weighted by atomic mass is 35.5. The Balaban J connectivity index is 0.00000110. The summed E-state index contributed by atoms with van der Waals surface area (Å²) < 4.78 is 9.54. The number of amides is 1. The molecule has 1 amide bonds. The number of hydrogen-bond acceptors (Lipinski definition) is 5. The van der Waals surface area contributed by atoms with E-state index in [1.165, 1.54) is 11.5 Å². The summed E-state index contributed by atoms with van der Waals surface area (Å²) in [5.74, 6) is 1.33. The number of carbonyl (C=O) groups is 1. The van der Waals surface area contributed by atoms with Crippen molar-refractivity contribution in [3.05, 3.63) is 17.1 Å². The summed E-state index contributed by atoms with van der Waals surface area (Å²) in [7, 11) is 1.74. The predicted octanol–water partition coefficient (Wildman–Crippen LogP) is 1.73. The van der Waals surface area contributed by atoms with Crippen molar-refractivity contribution >= 4 is 42.3 Å². The molecule has 1 saturated heterocycles. The van der Waals surface area contributed by atoms with Gasteiger partial charge in [-0.25, -0.2) is 4.37 Å². The first-order valence-corrected chi connectivity index (χ1v) is 7.50.